The number of ether oxygens (including phenoxy) is 1. The van der Waals surface area contributed by atoms with Gasteiger partial charge in [-0.2, -0.15) is 0 Å². The normalized spacial score (nSPS) is 10.9. The molecule has 1 N–H and O–H groups in total. The lowest BCUT2D eigenvalue weighted by molar-refractivity contribution is -0.116. The number of rotatable bonds is 5. The van der Waals surface area contributed by atoms with E-state index in [-0.39, 0.29) is 17.5 Å². The zero-order chi connectivity index (χ0) is 18.8. The van der Waals surface area contributed by atoms with Crippen LogP contribution in [-0.2, 0) is 22.5 Å². The highest BCUT2D eigenvalue weighted by Gasteiger charge is 2.20. The van der Waals surface area contributed by atoms with Gasteiger partial charge in [0, 0.05) is 10.6 Å². The van der Waals surface area contributed by atoms with Crippen LogP contribution in [0, 0.1) is 5.82 Å². The average molecular weight is 395 g/mol. The van der Waals surface area contributed by atoms with Gasteiger partial charge in [0.1, 0.15) is 18.1 Å². The summed E-state index contributed by atoms with van der Waals surface area (Å²) < 4.78 is 20.6. The van der Waals surface area contributed by atoms with Crippen LogP contribution < -0.4 is 5.32 Å². The van der Waals surface area contributed by atoms with Gasteiger partial charge in [-0.25, -0.2) is 9.18 Å². The van der Waals surface area contributed by atoms with Gasteiger partial charge in [0.25, 0.3) is 0 Å². The SMILES string of the molecule is CCc1cc2c(cc(C(=O)OC)n2CC(=O)Nc2ccc(F)c(Cl)c2)s1. The predicted octanol–water partition coefficient (Wildman–Crippen LogP) is 4.48. The topological polar surface area (TPSA) is 60.3 Å². The standard InChI is InChI=1S/C18H16ClFN2O3S/c1-3-11-7-14-16(26-11)8-15(18(24)25-2)22(14)9-17(23)21-10-4-5-13(20)12(19)6-10/h4-8H,3,9H2,1-2H3,(H,21,23). The van der Waals surface area contributed by atoms with Crippen molar-refractivity contribution in [3.05, 3.63) is 51.7 Å². The number of hydrogen-bond acceptors (Lipinski definition) is 4. The fourth-order valence-electron chi connectivity index (χ4n) is 2.63. The van der Waals surface area contributed by atoms with Crippen LogP contribution in [0.5, 0.6) is 0 Å². The first-order chi connectivity index (χ1) is 12.4. The van der Waals surface area contributed by atoms with Crippen molar-refractivity contribution < 1.29 is 18.7 Å². The number of carbonyl (C=O) groups excluding carboxylic acids is 2. The van der Waals surface area contributed by atoms with Gasteiger partial charge < -0.3 is 14.6 Å². The second kappa shape index (κ2) is 7.47. The van der Waals surface area contributed by atoms with E-state index in [1.54, 1.807) is 22.0 Å². The summed E-state index contributed by atoms with van der Waals surface area (Å²) in [6, 6.07) is 7.63. The molecule has 136 valence electrons. The second-order valence-electron chi connectivity index (χ2n) is 5.60. The molecule has 2 aromatic heterocycles. The molecule has 5 nitrogen and oxygen atoms in total. The molecular formula is C18H16ClFN2O3S. The fourth-order valence-corrected chi connectivity index (χ4v) is 3.85. The van der Waals surface area contributed by atoms with E-state index in [1.807, 2.05) is 13.0 Å². The summed E-state index contributed by atoms with van der Waals surface area (Å²) >= 11 is 7.31. The summed E-state index contributed by atoms with van der Waals surface area (Å²) in [5.74, 6) is -1.43. The van der Waals surface area contributed by atoms with E-state index in [1.165, 1.54) is 25.3 Å². The number of amides is 1. The first-order valence-corrected chi connectivity index (χ1v) is 9.07. The molecule has 3 aromatic rings. The zero-order valence-electron chi connectivity index (χ0n) is 14.1. The highest BCUT2D eigenvalue weighted by atomic mass is 35.5. The molecule has 26 heavy (non-hydrogen) atoms. The molecule has 0 aliphatic rings. The molecule has 0 saturated heterocycles. The predicted molar refractivity (Wildman–Crippen MR) is 101 cm³/mol. The minimum absolute atomic E-state index is 0.0770. The molecule has 8 heteroatoms. The summed E-state index contributed by atoms with van der Waals surface area (Å²) in [5.41, 5.74) is 1.49. The van der Waals surface area contributed by atoms with E-state index < -0.39 is 11.8 Å². The molecule has 0 fully saturated rings. The van der Waals surface area contributed by atoms with Crippen LogP contribution in [0.25, 0.3) is 10.2 Å². The Kier molecular flexibility index (Phi) is 5.29. The minimum Gasteiger partial charge on any atom is -0.464 e. The van der Waals surface area contributed by atoms with E-state index in [2.05, 4.69) is 5.32 Å². The van der Waals surface area contributed by atoms with Gasteiger partial charge in [0.15, 0.2) is 0 Å². The van der Waals surface area contributed by atoms with Crippen LogP contribution in [-0.4, -0.2) is 23.6 Å². The summed E-state index contributed by atoms with van der Waals surface area (Å²) in [6.45, 7) is 1.96. The Morgan fingerprint density at radius 1 is 1.31 bits per heavy atom. The van der Waals surface area contributed by atoms with Crippen molar-refractivity contribution in [2.24, 2.45) is 0 Å². The zero-order valence-corrected chi connectivity index (χ0v) is 15.7. The number of nitrogens with one attached hydrogen (secondary N) is 1. The summed E-state index contributed by atoms with van der Waals surface area (Å²) in [5, 5.41) is 2.58. The molecule has 2 heterocycles. The third-order valence-corrected chi connectivity index (χ3v) is 5.39. The summed E-state index contributed by atoms with van der Waals surface area (Å²) in [4.78, 5) is 25.6. The van der Waals surface area contributed by atoms with Crippen molar-refractivity contribution in [3.8, 4) is 0 Å². The van der Waals surface area contributed by atoms with Gasteiger partial charge >= 0.3 is 5.97 Å². The van der Waals surface area contributed by atoms with Crippen molar-refractivity contribution >= 4 is 50.7 Å². The van der Waals surface area contributed by atoms with Crippen LogP contribution in [0.3, 0.4) is 0 Å². The molecule has 0 radical (unpaired) electrons. The Morgan fingerprint density at radius 2 is 2.08 bits per heavy atom. The fraction of sp³-hybridized carbons (Fsp3) is 0.222. The van der Waals surface area contributed by atoms with Crippen molar-refractivity contribution in [2.45, 2.75) is 19.9 Å². The average Bonchev–Trinajstić information content (AvgIpc) is 3.16. The Morgan fingerprint density at radius 3 is 2.73 bits per heavy atom. The summed E-state index contributed by atoms with van der Waals surface area (Å²) in [7, 11) is 1.30. The molecule has 0 saturated carbocycles. The number of methoxy groups -OCH3 is 1. The highest BCUT2D eigenvalue weighted by molar-refractivity contribution is 7.19. The molecule has 1 aromatic carbocycles. The van der Waals surface area contributed by atoms with Crippen molar-refractivity contribution in [3.63, 3.8) is 0 Å². The van der Waals surface area contributed by atoms with Crippen LogP contribution in [0.15, 0.2) is 30.3 Å². The monoisotopic (exact) mass is 394 g/mol. The Hall–Kier alpha value is -2.38. The number of carbonyl (C=O) groups is 2. The Balaban J connectivity index is 1.90. The first kappa shape index (κ1) is 18.4. The van der Waals surface area contributed by atoms with E-state index in [9.17, 15) is 14.0 Å². The number of benzene rings is 1. The molecule has 0 aliphatic heterocycles. The Bertz CT molecular complexity index is 996. The molecule has 1 amide bonds. The molecule has 0 spiro atoms. The lowest BCUT2D eigenvalue weighted by Gasteiger charge is -2.10. The lowest BCUT2D eigenvalue weighted by atomic mass is 10.3. The maximum Gasteiger partial charge on any atom is 0.354 e. The van der Waals surface area contributed by atoms with Crippen molar-refractivity contribution in [1.29, 1.82) is 0 Å². The highest BCUT2D eigenvalue weighted by Crippen LogP contribution is 2.30. The first-order valence-electron chi connectivity index (χ1n) is 7.88. The van der Waals surface area contributed by atoms with Crippen LogP contribution in [0.2, 0.25) is 5.02 Å². The number of hydrogen-bond donors (Lipinski definition) is 1. The second-order valence-corrected chi connectivity index (χ2v) is 7.18. The number of esters is 1. The quantitative estimate of drug-likeness (QED) is 0.649. The number of aromatic nitrogens is 1. The van der Waals surface area contributed by atoms with E-state index in [0.717, 1.165) is 21.5 Å². The van der Waals surface area contributed by atoms with Gasteiger partial charge in [-0.1, -0.05) is 18.5 Å². The number of halogens is 2. The third kappa shape index (κ3) is 3.59. The smallest absolute Gasteiger partial charge is 0.354 e. The number of anilines is 1. The number of nitrogens with zero attached hydrogens (tertiary/aromatic N) is 1. The van der Waals surface area contributed by atoms with E-state index in [4.69, 9.17) is 16.3 Å². The number of aryl methyl sites for hydroxylation is 1. The maximum absolute atomic E-state index is 13.2. The molecular weight excluding hydrogens is 379 g/mol. The largest absolute Gasteiger partial charge is 0.464 e. The lowest BCUT2D eigenvalue weighted by Crippen LogP contribution is -2.21. The van der Waals surface area contributed by atoms with Crippen LogP contribution in [0.4, 0.5) is 10.1 Å². The van der Waals surface area contributed by atoms with Crippen LogP contribution in [0.1, 0.15) is 22.3 Å². The maximum atomic E-state index is 13.2. The minimum atomic E-state index is -0.560. The van der Waals surface area contributed by atoms with Gasteiger partial charge in [0.2, 0.25) is 5.91 Å². The van der Waals surface area contributed by atoms with Crippen LogP contribution >= 0.6 is 22.9 Å². The molecule has 3 rings (SSSR count). The summed E-state index contributed by atoms with van der Waals surface area (Å²) in [6.07, 6.45) is 0.868. The van der Waals surface area contributed by atoms with E-state index >= 15 is 0 Å². The molecule has 0 atom stereocenters. The van der Waals surface area contributed by atoms with Gasteiger partial charge in [-0.05, 0) is 36.8 Å². The van der Waals surface area contributed by atoms with Gasteiger partial charge in [-0.15, -0.1) is 11.3 Å². The van der Waals surface area contributed by atoms with Crippen molar-refractivity contribution in [2.75, 3.05) is 12.4 Å². The van der Waals surface area contributed by atoms with Crippen molar-refractivity contribution in [1.82, 2.24) is 4.57 Å². The Labute approximate surface area is 158 Å². The third-order valence-electron chi connectivity index (χ3n) is 3.89. The number of fused-ring (bicyclic) bond motifs is 1. The van der Waals surface area contributed by atoms with Gasteiger partial charge in [-0.3, -0.25) is 4.79 Å². The molecule has 0 unspecified atom stereocenters. The molecule has 0 aliphatic carbocycles. The van der Waals surface area contributed by atoms with E-state index in [0.29, 0.717) is 11.4 Å². The number of thiophene rings is 1. The van der Waals surface area contributed by atoms with Gasteiger partial charge in [0.05, 0.1) is 22.3 Å². The molecule has 0 bridgehead atoms.